The fourth-order valence-electron chi connectivity index (χ4n) is 1.66. The Hall–Kier alpha value is -1.70. The van der Waals surface area contributed by atoms with Gasteiger partial charge in [-0.2, -0.15) is 0 Å². The van der Waals surface area contributed by atoms with Crippen LogP contribution in [0.5, 0.6) is 0 Å². The third kappa shape index (κ3) is 3.19. The lowest BCUT2D eigenvalue weighted by molar-refractivity contribution is 0.276. The van der Waals surface area contributed by atoms with Crippen LogP contribution in [0.1, 0.15) is 11.6 Å². The molecule has 1 aromatic heterocycles. The smallest absolute Gasteiger partial charge is 0.159 e. The quantitative estimate of drug-likeness (QED) is 0.494. The van der Waals surface area contributed by atoms with Crippen LogP contribution in [0.15, 0.2) is 41.1 Å². The third-order valence-electron chi connectivity index (χ3n) is 2.62. The second kappa shape index (κ2) is 6.46. The third-order valence-corrected chi connectivity index (χ3v) is 3.37. The number of anilines is 2. The number of nitrogens with zero attached hydrogens (tertiary/aromatic N) is 2. The van der Waals surface area contributed by atoms with Crippen LogP contribution in [0.2, 0.25) is 0 Å². The van der Waals surface area contributed by atoms with Gasteiger partial charge in [0.05, 0.1) is 12.6 Å². The van der Waals surface area contributed by atoms with Gasteiger partial charge >= 0.3 is 0 Å². The summed E-state index contributed by atoms with van der Waals surface area (Å²) in [5, 5.41) is 12.6. The molecule has 1 unspecified atom stereocenters. The summed E-state index contributed by atoms with van der Waals surface area (Å²) in [7, 11) is 0. The van der Waals surface area contributed by atoms with E-state index >= 15 is 0 Å². The first kappa shape index (κ1) is 13.7. The number of hydrazine groups is 1. The van der Waals surface area contributed by atoms with E-state index in [2.05, 4.69) is 36.6 Å². The van der Waals surface area contributed by atoms with Crippen molar-refractivity contribution in [1.82, 2.24) is 9.97 Å². The van der Waals surface area contributed by atoms with Crippen LogP contribution in [-0.2, 0) is 0 Å². The zero-order valence-electron chi connectivity index (χ0n) is 10.0. The SMILES string of the molecule is NNc1ncnc(NC(CO)c2ccccc2)c1Br. The van der Waals surface area contributed by atoms with E-state index in [1.807, 2.05) is 30.3 Å². The molecule has 19 heavy (non-hydrogen) atoms. The fourth-order valence-corrected chi connectivity index (χ4v) is 2.09. The normalized spacial score (nSPS) is 11.9. The molecule has 0 aliphatic carbocycles. The minimum atomic E-state index is -0.252. The van der Waals surface area contributed by atoms with E-state index in [1.54, 1.807) is 0 Å². The van der Waals surface area contributed by atoms with Gasteiger partial charge in [0.15, 0.2) is 5.82 Å². The van der Waals surface area contributed by atoms with Gasteiger partial charge in [0, 0.05) is 0 Å². The highest BCUT2D eigenvalue weighted by Crippen LogP contribution is 2.28. The first-order chi connectivity index (χ1) is 9.26. The van der Waals surface area contributed by atoms with Gasteiger partial charge in [0.2, 0.25) is 0 Å². The van der Waals surface area contributed by atoms with Gasteiger partial charge in [-0.15, -0.1) is 0 Å². The van der Waals surface area contributed by atoms with Crippen LogP contribution in [0, 0.1) is 0 Å². The molecule has 1 atom stereocenters. The van der Waals surface area contributed by atoms with Crippen molar-refractivity contribution in [3.8, 4) is 0 Å². The number of halogens is 1. The lowest BCUT2D eigenvalue weighted by Gasteiger charge is -2.18. The Labute approximate surface area is 119 Å². The average molecular weight is 324 g/mol. The number of nitrogens with two attached hydrogens (primary N) is 1. The Morgan fingerprint density at radius 1 is 1.21 bits per heavy atom. The molecule has 2 aromatic rings. The second-order valence-electron chi connectivity index (χ2n) is 3.82. The number of hydrogen-bond donors (Lipinski definition) is 4. The predicted molar refractivity (Wildman–Crippen MR) is 77.4 cm³/mol. The van der Waals surface area contributed by atoms with Gasteiger partial charge in [-0.3, -0.25) is 0 Å². The summed E-state index contributed by atoms with van der Waals surface area (Å²) in [5.41, 5.74) is 3.44. The summed E-state index contributed by atoms with van der Waals surface area (Å²) in [6.07, 6.45) is 1.39. The number of rotatable bonds is 5. The topological polar surface area (TPSA) is 96.1 Å². The minimum Gasteiger partial charge on any atom is -0.394 e. The summed E-state index contributed by atoms with van der Waals surface area (Å²) >= 11 is 3.36. The Morgan fingerprint density at radius 3 is 2.53 bits per heavy atom. The van der Waals surface area contributed by atoms with Gasteiger partial charge in [-0.25, -0.2) is 15.8 Å². The highest BCUT2D eigenvalue weighted by atomic mass is 79.9. The number of nitrogens with one attached hydrogen (secondary N) is 2. The molecular formula is C12H14BrN5O. The molecule has 0 spiro atoms. The first-order valence-electron chi connectivity index (χ1n) is 5.65. The van der Waals surface area contributed by atoms with E-state index in [-0.39, 0.29) is 12.6 Å². The lowest BCUT2D eigenvalue weighted by atomic mass is 10.1. The molecule has 6 nitrogen and oxygen atoms in total. The van der Waals surface area contributed by atoms with Crippen molar-refractivity contribution in [3.05, 3.63) is 46.7 Å². The summed E-state index contributed by atoms with van der Waals surface area (Å²) < 4.78 is 0.617. The molecule has 2 rings (SSSR count). The lowest BCUT2D eigenvalue weighted by Crippen LogP contribution is -2.17. The molecule has 0 radical (unpaired) electrons. The average Bonchev–Trinajstić information content (AvgIpc) is 2.47. The van der Waals surface area contributed by atoms with E-state index in [0.29, 0.717) is 16.1 Å². The second-order valence-corrected chi connectivity index (χ2v) is 4.61. The highest BCUT2D eigenvalue weighted by molar-refractivity contribution is 9.10. The maximum Gasteiger partial charge on any atom is 0.159 e. The van der Waals surface area contributed by atoms with E-state index in [4.69, 9.17) is 5.84 Å². The summed E-state index contributed by atoms with van der Waals surface area (Å²) in [6, 6.07) is 9.38. The molecule has 0 saturated heterocycles. The van der Waals surface area contributed by atoms with E-state index < -0.39 is 0 Å². The van der Waals surface area contributed by atoms with Gasteiger partial charge in [-0.05, 0) is 21.5 Å². The molecule has 7 heteroatoms. The zero-order chi connectivity index (χ0) is 13.7. The molecule has 0 saturated carbocycles. The van der Waals surface area contributed by atoms with Crippen LogP contribution in [0.25, 0.3) is 0 Å². The van der Waals surface area contributed by atoms with E-state index in [9.17, 15) is 5.11 Å². The fraction of sp³-hybridized carbons (Fsp3) is 0.167. The number of aliphatic hydroxyl groups excluding tert-OH is 1. The molecule has 100 valence electrons. The molecule has 0 aliphatic rings. The molecular weight excluding hydrogens is 310 g/mol. The maximum atomic E-state index is 9.50. The molecule has 5 N–H and O–H groups in total. The van der Waals surface area contributed by atoms with Crippen molar-refractivity contribution in [2.75, 3.05) is 17.3 Å². The van der Waals surface area contributed by atoms with Crippen molar-refractivity contribution < 1.29 is 5.11 Å². The summed E-state index contributed by atoms with van der Waals surface area (Å²) in [4.78, 5) is 8.09. The van der Waals surface area contributed by atoms with Crippen LogP contribution >= 0.6 is 15.9 Å². The molecule has 0 fully saturated rings. The Balaban J connectivity index is 2.24. The maximum absolute atomic E-state index is 9.50. The molecule has 1 heterocycles. The Bertz CT molecular complexity index is 537. The predicted octanol–water partition coefficient (Wildman–Crippen LogP) is 1.67. The van der Waals surface area contributed by atoms with Crippen molar-refractivity contribution >= 4 is 27.6 Å². The van der Waals surface area contributed by atoms with Crippen LogP contribution < -0.4 is 16.6 Å². The number of aromatic nitrogens is 2. The largest absolute Gasteiger partial charge is 0.394 e. The van der Waals surface area contributed by atoms with Crippen molar-refractivity contribution in [2.45, 2.75) is 6.04 Å². The highest BCUT2D eigenvalue weighted by Gasteiger charge is 2.14. The van der Waals surface area contributed by atoms with Gasteiger partial charge in [0.1, 0.15) is 16.6 Å². The molecule has 1 aromatic carbocycles. The Morgan fingerprint density at radius 2 is 1.89 bits per heavy atom. The minimum absolute atomic E-state index is 0.0498. The number of hydrogen-bond acceptors (Lipinski definition) is 6. The van der Waals surface area contributed by atoms with Crippen molar-refractivity contribution in [1.29, 1.82) is 0 Å². The standard InChI is InChI=1S/C12H14BrN5O/c13-10-11(15-7-16-12(10)18-14)17-9(6-19)8-4-2-1-3-5-8/h1-5,7,9,19H,6,14H2,(H2,15,16,17,18). The van der Waals surface area contributed by atoms with E-state index in [1.165, 1.54) is 6.33 Å². The van der Waals surface area contributed by atoms with Gasteiger partial charge in [-0.1, -0.05) is 30.3 Å². The number of nitrogen functional groups attached to an aromatic ring is 1. The number of benzene rings is 1. The van der Waals surface area contributed by atoms with Crippen molar-refractivity contribution in [2.24, 2.45) is 5.84 Å². The van der Waals surface area contributed by atoms with Gasteiger partial charge in [0.25, 0.3) is 0 Å². The van der Waals surface area contributed by atoms with Crippen LogP contribution in [-0.4, -0.2) is 21.7 Å². The zero-order valence-corrected chi connectivity index (χ0v) is 11.6. The molecule has 0 aliphatic heterocycles. The first-order valence-corrected chi connectivity index (χ1v) is 6.45. The summed E-state index contributed by atoms with van der Waals surface area (Å²) in [6.45, 7) is -0.0498. The number of aliphatic hydroxyl groups is 1. The van der Waals surface area contributed by atoms with Crippen LogP contribution in [0.4, 0.5) is 11.6 Å². The Kier molecular flexibility index (Phi) is 4.67. The monoisotopic (exact) mass is 323 g/mol. The van der Waals surface area contributed by atoms with E-state index in [0.717, 1.165) is 5.56 Å². The van der Waals surface area contributed by atoms with Crippen molar-refractivity contribution in [3.63, 3.8) is 0 Å². The van der Waals surface area contributed by atoms with Gasteiger partial charge < -0.3 is 15.8 Å². The summed E-state index contributed by atoms with van der Waals surface area (Å²) in [5.74, 6) is 6.38. The molecule has 0 amide bonds. The molecule has 0 bridgehead atoms. The van der Waals surface area contributed by atoms with Crippen LogP contribution in [0.3, 0.4) is 0 Å².